The quantitative estimate of drug-likeness (QED) is 0.910. The molecule has 1 amide bonds. The van der Waals surface area contributed by atoms with Crippen molar-refractivity contribution in [3.8, 4) is 5.95 Å². The Hall–Kier alpha value is -2.28. The summed E-state index contributed by atoms with van der Waals surface area (Å²) in [5.41, 5.74) is 10.5. The molecule has 3 rings (SSSR count). The predicted molar refractivity (Wildman–Crippen MR) is 95.6 cm³/mol. The van der Waals surface area contributed by atoms with Gasteiger partial charge in [-0.15, -0.1) is 0 Å². The van der Waals surface area contributed by atoms with Gasteiger partial charge in [-0.1, -0.05) is 0 Å². The number of likely N-dealkylation sites (tertiary alicyclic amines) is 1. The molecule has 0 spiro atoms. The molecule has 1 aliphatic rings. The molecule has 7 nitrogen and oxygen atoms in total. The molecule has 0 bridgehead atoms. The number of aryl methyl sites for hydroxylation is 3. The molecule has 1 aliphatic heterocycles. The van der Waals surface area contributed by atoms with Gasteiger partial charge in [0.05, 0.1) is 12.1 Å². The molecule has 2 aromatic heterocycles. The van der Waals surface area contributed by atoms with Gasteiger partial charge in [0, 0.05) is 41.8 Å². The highest BCUT2D eigenvalue weighted by Crippen LogP contribution is 2.19. The van der Waals surface area contributed by atoms with Crippen LogP contribution in [0.4, 0.5) is 0 Å². The monoisotopic (exact) mass is 342 g/mol. The number of nitrogens with two attached hydrogens (primary N) is 1. The third kappa shape index (κ3) is 3.71. The highest BCUT2D eigenvalue weighted by atomic mass is 16.2. The summed E-state index contributed by atoms with van der Waals surface area (Å²) in [5.74, 6) is 0.666. The first kappa shape index (κ1) is 17.5. The number of hydrogen-bond donors (Lipinski definition) is 1. The lowest BCUT2D eigenvalue weighted by molar-refractivity contribution is -0.131. The Morgan fingerprint density at radius 1 is 1.24 bits per heavy atom. The van der Waals surface area contributed by atoms with Gasteiger partial charge in [0.2, 0.25) is 5.91 Å². The van der Waals surface area contributed by atoms with Crippen LogP contribution in [0.2, 0.25) is 0 Å². The Labute approximate surface area is 148 Å². The summed E-state index contributed by atoms with van der Waals surface area (Å²) in [7, 11) is 0. The molecule has 3 heterocycles. The van der Waals surface area contributed by atoms with Crippen molar-refractivity contribution in [2.24, 2.45) is 5.73 Å². The molecule has 1 atom stereocenters. The van der Waals surface area contributed by atoms with Crippen LogP contribution in [-0.2, 0) is 11.2 Å². The zero-order chi connectivity index (χ0) is 18.1. The van der Waals surface area contributed by atoms with E-state index >= 15 is 0 Å². The summed E-state index contributed by atoms with van der Waals surface area (Å²) < 4.78 is 1.74. The van der Waals surface area contributed by atoms with Crippen LogP contribution in [0.25, 0.3) is 5.95 Å². The molecule has 134 valence electrons. The largest absolute Gasteiger partial charge is 0.341 e. The Morgan fingerprint density at radius 2 is 1.92 bits per heavy atom. The molecule has 0 saturated carbocycles. The van der Waals surface area contributed by atoms with Gasteiger partial charge in [-0.2, -0.15) is 5.10 Å². The van der Waals surface area contributed by atoms with E-state index in [0.717, 1.165) is 47.7 Å². The maximum absolute atomic E-state index is 12.7. The maximum atomic E-state index is 12.7. The molecular formula is C18H26N6O. The number of rotatable bonds is 3. The summed E-state index contributed by atoms with van der Waals surface area (Å²) in [5, 5.41) is 4.57. The van der Waals surface area contributed by atoms with E-state index in [2.05, 4.69) is 15.1 Å². The molecule has 2 N–H and O–H groups in total. The molecule has 1 unspecified atom stereocenters. The number of carbonyl (C=O) groups is 1. The Morgan fingerprint density at radius 3 is 2.56 bits per heavy atom. The third-order valence-electron chi connectivity index (χ3n) is 4.74. The second-order valence-corrected chi connectivity index (χ2v) is 6.93. The number of carbonyl (C=O) groups excluding carboxylic acids is 1. The lowest BCUT2D eigenvalue weighted by atomic mass is 10.0. The molecule has 0 aliphatic carbocycles. The van der Waals surface area contributed by atoms with Crippen molar-refractivity contribution in [3.05, 3.63) is 34.4 Å². The summed E-state index contributed by atoms with van der Waals surface area (Å²) >= 11 is 0. The van der Waals surface area contributed by atoms with E-state index in [4.69, 9.17) is 5.73 Å². The van der Waals surface area contributed by atoms with Crippen LogP contribution in [0.5, 0.6) is 0 Å². The highest BCUT2D eigenvalue weighted by Gasteiger charge is 2.24. The van der Waals surface area contributed by atoms with Crippen molar-refractivity contribution in [2.75, 3.05) is 13.1 Å². The zero-order valence-corrected chi connectivity index (χ0v) is 15.4. The van der Waals surface area contributed by atoms with Gasteiger partial charge >= 0.3 is 0 Å². The fraction of sp³-hybridized carbons (Fsp3) is 0.556. The van der Waals surface area contributed by atoms with Crippen LogP contribution in [0.3, 0.4) is 0 Å². The van der Waals surface area contributed by atoms with E-state index in [0.29, 0.717) is 18.9 Å². The Balaban J connectivity index is 1.86. The van der Waals surface area contributed by atoms with Crippen LogP contribution in [0, 0.1) is 27.7 Å². The van der Waals surface area contributed by atoms with Crippen molar-refractivity contribution in [3.63, 3.8) is 0 Å². The minimum atomic E-state index is 0.0892. The fourth-order valence-corrected chi connectivity index (χ4v) is 3.43. The molecule has 1 fully saturated rings. The number of piperidine rings is 1. The zero-order valence-electron chi connectivity index (χ0n) is 15.4. The van der Waals surface area contributed by atoms with Crippen molar-refractivity contribution < 1.29 is 4.79 Å². The van der Waals surface area contributed by atoms with Crippen molar-refractivity contribution in [1.29, 1.82) is 0 Å². The first-order valence-electron chi connectivity index (χ1n) is 8.76. The molecular weight excluding hydrogens is 316 g/mol. The molecule has 25 heavy (non-hydrogen) atoms. The average molecular weight is 342 g/mol. The summed E-state index contributed by atoms with van der Waals surface area (Å²) in [4.78, 5) is 23.5. The van der Waals surface area contributed by atoms with E-state index in [-0.39, 0.29) is 11.9 Å². The Bertz CT molecular complexity index is 777. The van der Waals surface area contributed by atoms with Crippen LogP contribution in [-0.4, -0.2) is 49.7 Å². The molecule has 7 heteroatoms. The molecule has 0 radical (unpaired) electrons. The van der Waals surface area contributed by atoms with Gasteiger partial charge in [0.15, 0.2) is 0 Å². The van der Waals surface area contributed by atoms with E-state index in [1.807, 2.05) is 38.7 Å². The van der Waals surface area contributed by atoms with E-state index < -0.39 is 0 Å². The Kier molecular flexibility index (Phi) is 4.85. The van der Waals surface area contributed by atoms with Crippen molar-refractivity contribution >= 4 is 5.91 Å². The van der Waals surface area contributed by atoms with Gasteiger partial charge in [-0.3, -0.25) is 4.79 Å². The van der Waals surface area contributed by atoms with Crippen molar-refractivity contribution in [2.45, 2.75) is 53.0 Å². The second-order valence-electron chi connectivity index (χ2n) is 6.93. The van der Waals surface area contributed by atoms with Crippen molar-refractivity contribution in [1.82, 2.24) is 24.6 Å². The number of aromatic nitrogens is 4. The number of hydrogen-bond acceptors (Lipinski definition) is 5. The van der Waals surface area contributed by atoms with Gasteiger partial charge in [-0.05, 0) is 46.6 Å². The van der Waals surface area contributed by atoms with Crippen LogP contribution in [0.1, 0.15) is 41.2 Å². The minimum absolute atomic E-state index is 0.0892. The molecule has 1 saturated heterocycles. The SMILES string of the molecule is Cc1cc(C)nc(-n2nc(C)c(CC(=O)N3CCCC(N)C3)c2C)n1. The minimum Gasteiger partial charge on any atom is -0.341 e. The first-order valence-corrected chi connectivity index (χ1v) is 8.76. The van der Waals surface area contributed by atoms with Gasteiger partial charge in [0.1, 0.15) is 0 Å². The van der Waals surface area contributed by atoms with Gasteiger partial charge in [0.25, 0.3) is 5.95 Å². The third-order valence-corrected chi connectivity index (χ3v) is 4.74. The first-order chi connectivity index (χ1) is 11.8. The summed E-state index contributed by atoms with van der Waals surface area (Å²) in [6, 6.07) is 2.02. The lowest BCUT2D eigenvalue weighted by Gasteiger charge is -2.30. The normalized spacial score (nSPS) is 17.8. The molecule has 2 aromatic rings. The van der Waals surface area contributed by atoms with Crippen LogP contribution < -0.4 is 5.73 Å². The van der Waals surface area contributed by atoms with E-state index in [9.17, 15) is 4.79 Å². The number of amides is 1. The van der Waals surface area contributed by atoms with E-state index in [1.165, 1.54) is 0 Å². The summed E-state index contributed by atoms with van der Waals surface area (Å²) in [6.07, 6.45) is 2.31. The summed E-state index contributed by atoms with van der Waals surface area (Å²) in [6.45, 7) is 9.20. The fourth-order valence-electron chi connectivity index (χ4n) is 3.43. The molecule has 0 aromatic carbocycles. The van der Waals surface area contributed by atoms with Crippen LogP contribution >= 0.6 is 0 Å². The van der Waals surface area contributed by atoms with Crippen LogP contribution in [0.15, 0.2) is 6.07 Å². The maximum Gasteiger partial charge on any atom is 0.251 e. The lowest BCUT2D eigenvalue weighted by Crippen LogP contribution is -2.46. The smallest absolute Gasteiger partial charge is 0.251 e. The number of nitrogens with zero attached hydrogens (tertiary/aromatic N) is 5. The highest BCUT2D eigenvalue weighted by molar-refractivity contribution is 5.79. The van der Waals surface area contributed by atoms with Gasteiger partial charge in [-0.25, -0.2) is 14.6 Å². The van der Waals surface area contributed by atoms with E-state index in [1.54, 1.807) is 4.68 Å². The predicted octanol–water partition coefficient (Wildman–Crippen LogP) is 1.39. The topological polar surface area (TPSA) is 89.9 Å². The standard InChI is InChI=1S/C18H26N6O/c1-11-8-12(2)21-18(20-11)24-14(4)16(13(3)22-24)9-17(25)23-7-5-6-15(19)10-23/h8,15H,5-7,9-10,19H2,1-4H3. The average Bonchev–Trinajstić information content (AvgIpc) is 2.82. The second kappa shape index (κ2) is 6.92. The van der Waals surface area contributed by atoms with Gasteiger partial charge < -0.3 is 10.6 Å².